The molecule has 0 amide bonds. The Labute approximate surface area is 161 Å². The van der Waals surface area contributed by atoms with Crippen molar-refractivity contribution in [2.24, 2.45) is 10.1 Å². The summed E-state index contributed by atoms with van der Waals surface area (Å²) < 4.78 is 25.0. The first-order chi connectivity index (χ1) is 13.0. The van der Waals surface area contributed by atoms with E-state index in [1.165, 1.54) is 18.6 Å². The van der Waals surface area contributed by atoms with Crippen LogP contribution in [0.15, 0.2) is 58.1 Å². The Morgan fingerprint density at radius 3 is 2.59 bits per heavy atom. The van der Waals surface area contributed by atoms with Crippen LogP contribution in [-0.2, 0) is 16.6 Å². The van der Waals surface area contributed by atoms with E-state index in [0.717, 1.165) is 34.6 Å². The van der Waals surface area contributed by atoms with E-state index in [1.54, 1.807) is 42.1 Å². The molecule has 1 fully saturated rings. The summed E-state index contributed by atoms with van der Waals surface area (Å²) in [5.41, 5.74) is 2.82. The summed E-state index contributed by atoms with van der Waals surface area (Å²) in [4.78, 5) is 14.4. The quantitative estimate of drug-likeness (QED) is 0.709. The minimum Gasteiger partial charge on any atom is -0.312 e. The van der Waals surface area contributed by atoms with Crippen LogP contribution in [0.3, 0.4) is 0 Å². The number of hydrogen-bond donors (Lipinski definition) is 1. The van der Waals surface area contributed by atoms with Crippen molar-refractivity contribution >= 4 is 21.4 Å². The maximum Gasteiger partial charge on any atom is 0.238 e. The van der Waals surface area contributed by atoms with Crippen LogP contribution in [0, 0.1) is 0 Å². The molecule has 0 saturated heterocycles. The van der Waals surface area contributed by atoms with E-state index in [1.807, 2.05) is 0 Å². The van der Waals surface area contributed by atoms with Gasteiger partial charge in [0.15, 0.2) is 4.80 Å². The molecule has 1 aromatic carbocycles. The highest BCUT2D eigenvalue weighted by Gasteiger charge is 2.24. The largest absolute Gasteiger partial charge is 0.312 e. The van der Waals surface area contributed by atoms with Gasteiger partial charge in [0.05, 0.1) is 23.3 Å². The van der Waals surface area contributed by atoms with E-state index in [0.29, 0.717) is 12.6 Å². The summed E-state index contributed by atoms with van der Waals surface area (Å²) in [5.74, 6) is 0. The number of rotatable bonds is 5. The molecule has 2 heterocycles. The molecular weight excluding hydrogens is 382 g/mol. The minimum absolute atomic E-state index is 0.108. The van der Waals surface area contributed by atoms with E-state index in [-0.39, 0.29) is 4.90 Å². The third-order valence-corrected chi connectivity index (χ3v) is 6.46. The number of aromatic nitrogens is 3. The van der Waals surface area contributed by atoms with Gasteiger partial charge in [0.1, 0.15) is 5.69 Å². The molecule has 2 aromatic heterocycles. The second-order valence-corrected chi connectivity index (χ2v) is 8.85. The van der Waals surface area contributed by atoms with Crippen molar-refractivity contribution in [2.75, 3.05) is 0 Å². The molecule has 0 radical (unpaired) electrons. The highest BCUT2D eigenvalue weighted by Crippen LogP contribution is 2.34. The summed E-state index contributed by atoms with van der Waals surface area (Å²) >= 11 is 1.59. The zero-order valence-corrected chi connectivity index (χ0v) is 16.2. The van der Waals surface area contributed by atoms with Crippen LogP contribution in [0.1, 0.15) is 30.9 Å². The zero-order valence-electron chi connectivity index (χ0n) is 14.5. The minimum atomic E-state index is -3.67. The first-order valence-corrected chi connectivity index (χ1v) is 11.0. The Morgan fingerprint density at radius 2 is 2.00 bits per heavy atom. The summed E-state index contributed by atoms with van der Waals surface area (Å²) in [6.07, 6.45) is 8.64. The van der Waals surface area contributed by atoms with Crippen molar-refractivity contribution in [3.05, 3.63) is 58.6 Å². The van der Waals surface area contributed by atoms with Gasteiger partial charge in [-0.3, -0.25) is 15.0 Å². The fraction of sp³-hybridized carbons (Fsp3) is 0.278. The van der Waals surface area contributed by atoms with Gasteiger partial charge in [0.25, 0.3) is 0 Å². The lowest BCUT2D eigenvalue weighted by atomic mass is 9.92. The molecule has 7 nitrogen and oxygen atoms in total. The first kappa shape index (κ1) is 18.0. The molecule has 0 aliphatic heterocycles. The number of hydrogen-bond acceptors (Lipinski definition) is 6. The van der Waals surface area contributed by atoms with Crippen molar-refractivity contribution in [1.29, 1.82) is 0 Å². The lowest BCUT2D eigenvalue weighted by Crippen LogP contribution is -2.27. The molecule has 0 bridgehead atoms. The Hall–Kier alpha value is -2.36. The summed E-state index contributed by atoms with van der Waals surface area (Å²) in [5, 5.41) is 7.22. The molecular formula is C18H19N5O2S2. The zero-order chi connectivity index (χ0) is 18.9. The average Bonchev–Trinajstić information content (AvgIpc) is 3.02. The number of nitrogens with two attached hydrogens (primary N) is 1. The Bertz CT molecular complexity index is 1100. The smallest absolute Gasteiger partial charge is 0.238 e. The number of thiazole rings is 1. The van der Waals surface area contributed by atoms with Crippen molar-refractivity contribution in [1.82, 2.24) is 14.5 Å². The molecule has 0 spiro atoms. The molecule has 1 aliphatic rings. The van der Waals surface area contributed by atoms with E-state index in [9.17, 15) is 8.42 Å². The number of sulfonamides is 1. The van der Waals surface area contributed by atoms with Gasteiger partial charge in [-0.15, -0.1) is 11.3 Å². The standard InChI is InChI=1S/C18H19N5O2S2/c19-27(24,25)15-6-4-13(5-7-15)10-22-18-23(14-2-1-3-14)17(12-26-18)16-11-20-8-9-21-16/h4-9,11-12,14H,1-3,10H2,(H2,19,24,25). The van der Waals surface area contributed by atoms with Gasteiger partial charge in [0, 0.05) is 23.8 Å². The SMILES string of the molecule is NS(=O)(=O)c1ccc(CN=c2scc(-c3cnccn3)n2C2CCC2)cc1. The molecule has 4 rings (SSSR count). The molecule has 1 saturated carbocycles. The van der Waals surface area contributed by atoms with Gasteiger partial charge in [0.2, 0.25) is 10.0 Å². The van der Waals surface area contributed by atoms with E-state index in [2.05, 4.69) is 19.9 Å². The van der Waals surface area contributed by atoms with Gasteiger partial charge in [-0.2, -0.15) is 0 Å². The fourth-order valence-electron chi connectivity index (χ4n) is 2.99. The molecule has 1 aliphatic carbocycles. The fourth-order valence-corrected chi connectivity index (χ4v) is 4.46. The van der Waals surface area contributed by atoms with Crippen molar-refractivity contribution < 1.29 is 8.42 Å². The van der Waals surface area contributed by atoms with Crippen LogP contribution in [0.5, 0.6) is 0 Å². The van der Waals surface area contributed by atoms with E-state index < -0.39 is 10.0 Å². The Balaban J connectivity index is 1.66. The molecule has 9 heteroatoms. The predicted molar refractivity (Wildman–Crippen MR) is 103 cm³/mol. The van der Waals surface area contributed by atoms with Crippen molar-refractivity contribution in [3.63, 3.8) is 0 Å². The van der Waals surface area contributed by atoms with Crippen LogP contribution >= 0.6 is 11.3 Å². The average molecular weight is 402 g/mol. The lowest BCUT2D eigenvalue weighted by molar-refractivity contribution is 0.310. The van der Waals surface area contributed by atoms with Gasteiger partial charge >= 0.3 is 0 Å². The molecule has 140 valence electrons. The van der Waals surface area contributed by atoms with Gasteiger partial charge in [-0.25, -0.2) is 13.6 Å². The van der Waals surface area contributed by atoms with E-state index >= 15 is 0 Å². The van der Waals surface area contributed by atoms with Crippen LogP contribution in [0.25, 0.3) is 11.4 Å². The number of nitrogens with zero attached hydrogens (tertiary/aromatic N) is 4. The molecule has 3 aromatic rings. The van der Waals surface area contributed by atoms with Gasteiger partial charge in [-0.1, -0.05) is 12.1 Å². The van der Waals surface area contributed by atoms with Crippen molar-refractivity contribution in [2.45, 2.75) is 36.7 Å². The highest BCUT2D eigenvalue weighted by molar-refractivity contribution is 7.89. The van der Waals surface area contributed by atoms with Crippen LogP contribution in [0.2, 0.25) is 0 Å². The molecule has 27 heavy (non-hydrogen) atoms. The molecule has 2 N–H and O–H groups in total. The van der Waals surface area contributed by atoms with Crippen LogP contribution < -0.4 is 9.94 Å². The van der Waals surface area contributed by atoms with E-state index in [4.69, 9.17) is 10.1 Å². The first-order valence-electron chi connectivity index (χ1n) is 8.61. The van der Waals surface area contributed by atoms with Gasteiger partial charge in [-0.05, 0) is 37.0 Å². The Kier molecular flexibility index (Phi) is 4.90. The summed E-state index contributed by atoms with van der Waals surface area (Å²) in [6, 6.07) is 6.96. The normalized spacial score (nSPS) is 15.7. The second-order valence-electron chi connectivity index (χ2n) is 6.45. The number of benzene rings is 1. The third-order valence-electron chi connectivity index (χ3n) is 4.66. The predicted octanol–water partition coefficient (Wildman–Crippen LogP) is 2.48. The monoisotopic (exact) mass is 401 g/mol. The maximum atomic E-state index is 11.4. The van der Waals surface area contributed by atoms with Crippen LogP contribution in [-0.4, -0.2) is 23.0 Å². The number of primary sulfonamides is 1. The second kappa shape index (κ2) is 7.34. The Morgan fingerprint density at radius 1 is 1.22 bits per heavy atom. The van der Waals surface area contributed by atoms with Gasteiger partial charge < -0.3 is 4.57 Å². The highest BCUT2D eigenvalue weighted by atomic mass is 32.2. The topological polar surface area (TPSA) is 103 Å². The lowest BCUT2D eigenvalue weighted by Gasteiger charge is -2.28. The molecule has 0 unspecified atom stereocenters. The van der Waals surface area contributed by atoms with Crippen molar-refractivity contribution in [3.8, 4) is 11.4 Å². The molecule has 0 atom stereocenters. The summed E-state index contributed by atoms with van der Waals surface area (Å²) in [6.45, 7) is 0.470. The van der Waals surface area contributed by atoms with Crippen LogP contribution in [0.4, 0.5) is 0 Å². The third kappa shape index (κ3) is 3.85. The maximum absolute atomic E-state index is 11.4. The summed E-state index contributed by atoms with van der Waals surface area (Å²) in [7, 11) is -3.67.